The van der Waals surface area contributed by atoms with Crippen LogP contribution < -0.4 is 20.9 Å². The van der Waals surface area contributed by atoms with E-state index in [1.54, 1.807) is 61.8 Å². The highest BCUT2D eigenvalue weighted by Gasteiger charge is 2.36. The van der Waals surface area contributed by atoms with Gasteiger partial charge in [0.25, 0.3) is 0 Å². The number of carbonyl (C=O) groups is 2. The maximum absolute atomic E-state index is 12.3. The molecule has 3 N–H and O–H groups in total. The Labute approximate surface area is 437 Å². The minimum atomic E-state index is -0.447. The number of ether oxygens (including phenoxy) is 2. The fourth-order valence-electron chi connectivity index (χ4n) is 10.0. The van der Waals surface area contributed by atoms with Crippen LogP contribution in [0.1, 0.15) is 135 Å². The summed E-state index contributed by atoms with van der Waals surface area (Å²) in [6.07, 6.45) is 21.9. The number of amides is 1. The Morgan fingerprint density at radius 2 is 1.08 bits per heavy atom. The van der Waals surface area contributed by atoms with Crippen LogP contribution in [0.2, 0.25) is 5.02 Å². The third-order valence-electron chi connectivity index (χ3n) is 12.3. The number of anilines is 2. The minimum absolute atomic E-state index is 0. The molecule has 0 bridgehead atoms. The number of pyridine rings is 3. The predicted molar refractivity (Wildman–Crippen MR) is 292 cm³/mol. The largest absolute Gasteiger partial charge is 0.460 e. The highest BCUT2D eigenvalue weighted by Crippen LogP contribution is 2.39. The van der Waals surface area contributed by atoms with Crippen LogP contribution in [0, 0.1) is 22.2 Å². The van der Waals surface area contributed by atoms with Gasteiger partial charge < -0.3 is 30.3 Å². The van der Waals surface area contributed by atoms with Gasteiger partial charge in [-0.05, 0) is 114 Å². The molecule has 9 rings (SSSR count). The van der Waals surface area contributed by atoms with Crippen molar-refractivity contribution in [3.8, 4) is 0 Å². The van der Waals surface area contributed by atoms with Crippen LogP contribution >= 0.6 is 11.6 Å². The summed E-state index contributed by atoms with van der Waals surface area (Å²) in [4.78, 5) is 66.6. The number of nitrogens with one attached hydrogen (secondary N) is 1. The zero-order valence-electron chi connectivity index (χ0n) is 44.4. The minimum Gasteiger partial charge on any atom is -0.460 e. The van der Waals surface area contributed by atoms with E-state index >= 15 is 0 Å². The van der Waals surface area contributed by atoms with Crippen LogP contribution in [-0.4, -0.2) is 106 Å². The average molecular weight is 1020 g/mol. The molecular weight excluding hydrogens is 942 g/mol. The molecule has 6 aromatic heterocycles. The molecule has 2 saturated heterocycles. The molecular formula is C55H80ClN13O4. The Kier molecular flexibility index (Phi) is 19.4. The molecule has 1 aliphatic carbocycles. The normalized spacial score (nSPS) is 20.1. The van der Waals surface area contributed by atoms with Crippen LogP contribution in [0.25, 0.3) is 33.5 Å². The lowest BCUT2D eigenvalue weighted by Crippen LogP contribution is -2.50. The molecule has 2 aliphatic heterocycles. The van der Waals surface area contributed by atoms with Gasteiger partial charge in [0.2, 0.25) is 0 Å². The maximum atomic E-state index is 12.3. The van der Waals surface area contributed by atoms with Crippen molar-refractivity contribution in [1.82, 2.24) is 50.2 Å². The molecule has 0 unspecified atom stereocenters. The van der Waals surface area contributed by atoms with E-state index < -0.39 is 11.2 Å². The smallest absolute Gasteiger partial charge is 0.407 e. The molecule has 0 spiro atoms. The van der Waals surface area contributed by atoms with Gasteiger partial charge in [0.05, 0.1) is 22.8 Å². The van der Waals surface area contributed by atoms with Crippen LogP contribution in [0.5, 0.6) is 0 Å². The van der Waals surface area contributed by atoms with Gasteiger partial charge >= 0.3 is 12.1 Å². The van der Waals surface area contributed by atoms with E-state index in [2.05, 4.69) is 102 Å². The molecule has 73 heavy (non-hydrogen) atoms. The van der Waals surface area contributed by atoms with Gasteiger partial charge in [-0.25, -0.2) is 49.7 Å². The second-order valence-electron chi connectivity index (χ2n) is 23.7. The number of halogens is 1. The number of carbonyl (C=O) groups excluding carboxylic acids is 2. The number of esters is 1. The first-order valence-corrected chi connectivity index (χ1v) is 25.4. The number of alkyl carbamates (subject to hydrolysis) is 1. The predicted octanol–water partition coefficient (Wildman–Crippen LogP) is 11.0. The highest BCUT2D eigenvalue weighted by molar-refractivity contribution is 6.34. The quantitative estimate of drug-likeness (QED) is 0.154. The number of rotatable bonds is 5. The lowest BCUT2D eigenvalue weighted by molar-refractivity contribution is -0.156. The third-order valence-corrected chi connectivity index (χ3v) is 12.6. The molecule has 3 fully saturated rings. The van der Waals surface area contributed by atoms with Gasteiger partial charge in [-0.1, -0.05) is 67.0 Å². The molecule has 17 nitrogen and oxygen atoms in total. The van der Waals surface area contributed by atoms with Gasteiger partial charge in [0.1, 0.15) is 27.8 Å². The van der Waals surface area contributed by atoms with Crippen molar-refractivity contribution < 1.29 is 19.1 Å². The molecule has 18 heteroatoms. The number of aromatic nitrogens is 9. The van der Waals surface area contributed by atoms with E-state index in [4.69, 9.17) is 26.8 Å². The molecule has 396 valence electrons. The van der Waals surface area contributed by atoms with Gasteiger partial charge in [0.15, 0.2) is 16.9 Å². The van der Waals surface area contributed by atoms with Gasteiger partial charge in [-0.2, -0.15) is 0 Å². The van der Waals surface area contributed by atoms with Crippen LogP contribution in [0.3, 0.4) is 0 Å². The zero-order valence-corrected chi connectivity index (χ0v) is 45.2. The van der Waals surface area contributed by atoms with Crippen LogP contribution in [-0.2, 0) is 14.3 Å². The zero-order chi connectivity index (χ0) is 52.5. The van der Waals surface area contributed by atoms with Gasteiger partial charge in [0, 0.05) is 94.0 Å². The molecule has 1 amide bonds. The first-order valence-electron chi connectivity index (χ1n) is 25.0. The molecule has 0 aromatic carbocycles. The second kappa shape index (κ2) is 24.4. The number of nitrogens with zero attached hydrogens (tertiary/aromatic N) is 11. The Hall–Kier alpha value is -5.94. The van der Waals surface area contributed by atoms with E-state index in [-0.39, 0.29) is 48.3 Å². The molecule has 3 atom stereocenters. The Balaban J connectivity index is 0.000000187. The standard InChI is InChI=1S/C20H28N4O2.C14H19N5.C13H25NO2.C7H4ClN3.CH4/c1-19(2,3)26-16(25)10-14-11-20(4,5)13-24(12-14)15-6-7-22-18-17(15)21-8-9-23-18;1-14(2)7-10(15)8-19(9-14)11-3-4-17-13-12(11)16-5-6-18-13;1-12(2,3)16-11(15)14-10-7-6-8-13(4,5)9-10;8-5-1-2-10-7-6(5)9-3-4-11-7;/h6-9,14H,10-13H2,1-5H3;3-6,10H,7-9,15H2,1-2H3;10H,6-9H2,1-5H3,(H,14,15);1-4H;1H4/t14-;2*10-;;/m110../s1. The fraction of sp³-hybridized carbons (Fsp3) is 0.582. The Morgan fingerprint density at radius 3 is 1.58 bits per heavy atom. The van der Waals surface area contributed by atoms with Gasteiger partial charge in [-0.15, -0.1) is 0 Å². The SMILES string of the molecule is C.CC1(C)CCC[C@H](NC(=O)OC(C)(C)C)C1.CC1(C)C[C@@H](CC(=O)OC(C)(C)C)CN(c2ccnc3nccnc23)C1.CC1(C)C[C@@H](N)CN(c2ccnc3nccnc23)C1.Clc1ccnc2nccnc12. The molecule has 0 radical (unpaired) electrons. The lowest BCUT2D eigenvalue weighted by atomic mass is 9.75. The van der Waals surface area contributed by atoms with Crippen molar-refractivity contribution in [1.29, 1.82) is 0 Å². The first-order chi connectivity index (χ1) is 33.7. The summed E-state index contributed by atoms with van der Waals surface area (Å²) in [7, 11) is 0. The van der Waals surface area contributed by atoms with E-state index in [1.165, 1.54) is 12.8 Å². The second-order valence-corrected chi connectivity index (χ2v) is 24.1. The summed E-state index contributed by atoms with van der Waals surface area (Å²) in [6, 6.07) is 6.16. The molecule has 8 heterocycles. The number of fused-ring (bicyclic) bond motifs is 3. The van der Waals surface area contributed by atoms with Crippen LogP contribution in [0.15, 0.2) is 74.0 Å². The van der Waals surface area contributed by atoms with Crippen molar-refractivity contribution in [3.05, 3.63) is 79.0 Å². The van der Waals surface area contributed by atoms with Crippen molar-refractivity contribution >= 4 is 68.5 Å². The monoisotopic (exact) mass is 1020 g/mol. The average Bonchev–Trinajstić information content (AvgIpc) is 3.26. The third kappa shape index (κ3) is 17.9. The summed E-state index contributed by atoms with van der Waals surface area (Å²) in [5.74, 6) is 0.119. The first kappa shape index (κ1) is 58.0. The van der Waals surface area contributed by atoms with E-state index in [1.807, 2.05) is 53.7 Å². The summed E-state index contributed by atoms with van der Waals surface area (Å²) >= 11 is 5.81. The Morgan fingerprint density at radius 1 is 0.630 bits per heavy atom. The van der Waals surface area contributed by atoms with E-state index in [0.29, 0.717) is 39.3 Å². The lowest BCUT2D eigenvalue weighted by Gasteiger charge is -2.43. The summed E-state index contributed by atoms with van der Waals surface area (Å²) in [5, 5.41) is 3.56. The number of hydrogen-bond donors (Lipinski definition) is 2. The fourth-order valence-corrected chi connectivity index (χ4v) is 10.2. The topological polar surface area (TPSA) is 213 Å². The van der Waals surface area contributed by atoms with Gasteiger partial charge in [-0.3, -0.25) is 4.79 Å². The van der Waals surface area contributed by atoms with Crippen molar-refractivity contribution in [3.63, 3.8) is 0 Å². The number of hydrogen-bond acceptors (Lipinski definition) is 16. The Bertz CT molecular complexity index is 2740. The summed E-state index contributed by atoms with van der Waals surface area (Å²) < 4.78 is 10.8. The van der Waals surface area contributed by atoms with E-state index in [0.717, 1.165) is 74.3 Å². The molecule has 6 aromatic rings. The van der Waals surface area contributed by atoms with Crippen molar-refractivity contribution in [2.24, 2.45) is 27.9 Å². The van der Waals surface area contributed by atoms with E-state index in [9.17, 15) is 9.59 Å². The van der Waals surface area contributed by atoms with Crippen molar-refractivity contribution in [2.75, 3.05) is 36.0 Å². The molecule has 1 saturated carbocycles. The number of piperidine rings is 2. The maximum Gasteiger partial charge on any atom is 0.407 e. The highest BCUT2D eigenvalue weighted by atomic mass is 35.5. The summed E-state index contributed by atoms with van der Waals surface area (Å²) in [6.45, 7) is 28.5. The van der Waals surface area contributed by atoms with Crippen molar-refractivity contribution in [2.45, 2.75) is 159 Å². The molecule has 3 aliphatic rings. The number of nitrogens with two attached hydrogens (primary N) is 1. The van der Waals surface area contributed by atoms with Crippen LogP contribution in [0.4, 0.5) is 16.2 Å². The summed E-state index contributed by atoms with van der Waals surface area (Å²) in [5.41, 5.74) is 12.4.